The van der Waals surface area contributed by atoms with E-state index in [2.05, 4.69) is 19.2 Å². The molecule has 1 fully saturated rings. The quantitative estimate of drug-likeness (QED) is 0.689. The molecular formula is C14H29NOS. The van der Waals surface area contributed by atoms with Crippen molar-refractivity contribution in [1.82, 2.24) is 5.32 Å². The molecule has 0 heterocycles. The molecule has 0 aromatic rings. The molecule has 0 spiro atoms. The molecule has 2 unspecified atom stereocenters. The Bertz CT molecular complexity index is 214. The second kappa shape index (κ2) is 9.09. The first kappa shape index (κ1) is 15.2. The van der Waals surface area contributed by atoms with Gasteiger partial charge >= 0.3 is 0 Å². The van der Waals surface area contributed by atoms with Crippen molar-refractivity contribution < 1.29 is 4.21 Å². The Kier molecular flexibility index (Phi) is 8.12. The van der Waals surface area contributed by atoms with Gasteiger partial charge in [0, 0.05) is 28.3 Å². The standard InChI is InChI=1S/C14H29NOS/c1-3-7-14(15-10-4-2)12-17(16)11-13-8-5-6-9-13/h13-15H,3-12H2,1-2H3. The minimum Gasteiger partial charge on any atom is -0.313 e. The van der Waals surface area contributed by atoms with Gasteiger partial charge < -0.3 is 5.32 Å². The molecule has 1 rings (SSSR count). The lowest BCUT2D eigenvalue weighted by molar-refractivity contribution is 0.508. The van der Waals surface area contributed by atoms with E-state index in [9.17, 15) is 4.21 Å². The fourth-order valence-corrected chi connectivity index (χ4v) is 4.40. The third-order valence-corrected chi connectivity index (χ3v) is 5.22. The van der Waals surface area contributed by atoms with Crippen molar-refractivity contribution in [3.05, 3.63) is 0 Å². The van der Waals surface area contributed by atoms with Crippen LogP contribution < -0.4 is 5.32 Å². The van der Waals surface area contributed by atoms with E-state index >= 15 is 0 Å². The van der Waals surface area contributed by atoms with Crippen LogP contribution in [0.25, 0.3) is 0 Å². The van der Waals surface area contributed by atoms with Crippen molar-refractivity contribution in [3.8, 4) is 0 Å². The molecule has 17 heavy (non-hydrogen) atoms. The molecule has 2 atom stereocenters. The summed E-state index contributed by atoms with van der Waals surface area (Å²) in [5.74, 6) is 2.57. The van der Waals surface area contributed by atoms with E-state index in [4.69, 9.17) is 0 Å². The number of hydrogen-bond acceptors (Lipinski definition) is 2. The van der Waals surface area contributed by atoms with Gasteiger partial charge in [-0.15, -0.1) is 0 Å². The molecule has 0 radical (unpaired) electrons. The first-order valence-corrected chi connectivity index (χ1v) is 8.83. The topological polar surface area (TPSA) is 29.1 Å². The SMILES string of the molecule is CCCNC(CCC)CS(=O)CC1CCCC1. The predicted molar refractivity (Wildman–Crippen MR) is 76.8 cm³/mol. The zero-order valence-electron chi connectivity index (χ0n) is 11.5. The van der Waals surface area contributed by atoms with Crippen molar-refractivity contribution in [2.75, 3.05) is 18.1 Å². The lowest BCUT2D eigenvalue weighted by Crippen LogP contribution is -2.35. The van der Waals surface area contributed by atoms with Gasteiger partial charge in [0.1, 0.15) is 0 Å². The largest absolute Gasteiger partial charge is 0.313 e. The summed E-state index contributed by atoms with van der Waals surface area (Å²) in [5.41, 5.74) is 0. The lowest BCUT2D eigenvalue weighted by Gasteiger charge is -2.18. The Morgan fingerprint density at radius 2 is 1.94 bits per heavy atom. The Labute approximate surface area is 109 Å². The van der Waals surface area contributed by atoms with Gasteiger partial charge in [0.05, 0.1) is 0 Å². The summed E-state index contributed by atoms with van der Waals surface area (Å²) in [6.07, 6.45) is 8.84. The Morgan fingerprint density at radius 1 is 1.24 bits per heavy atom. The van der Waals surface area contributed by atoms with Gasteiger partial charge in [0.25, 0.3) is 0 Å². The van der Waals surface area contributed by atoms with Gasteiger partial charge in [0.2, 0.25) is 0 Å². The third kappa shape index (κ3) is 6.56. The normalized spacial score (nSPS) is 20.6. The average molecular weight is 259 g/mol. The van der Waals surface area contributed by atoms with Gasteiger partial charge in [-0.1, -0.05) is 33.1 Å². The molecule has 0 saturated heterocycles. The summed E-state index contributed by atoms with van der Waals surface area (Å²) < 4.78 is 12.1. The molecule has 0 bridgehead atoms. The van der Waals surface area contributed by atoms with Gasteiger partial charge in [-0.3, -0.25) is 4.21 Å². The molecule has 1 aliphatic rings. The van der Waals surface area contributed by atoms with Crippen molar-refractivity contribution in [2.24, 2.45) is 5.92 Å². The van der Waals surface area contributed by atoms with Gasteiger partial charge in [-0.05, 0) is 38.1 Å². The van der Waals surface area contributed by atoms with Crippen LogP contribution >= 0.6 is 0 Å². The van der Waals surface area contributed by atoms with Crippen LogP contribution in [0.3, 0.4) is 0 Å². The summed E-state index contributed by atoms with van der Waals surface area (Å²) in [5, 5.41) is 3.53. The van der Waals surface area contributed by atoms with E-state index in [1.165, 1.54) is 32.1 Å². The van der Waals surface area contributed by atoms with Crippen LogP contribution in [0.2, 0.25) is 0 Å². The Morgan fingerprint density at radius 3 is 2.53 bits per heavy atom. The molecule has 0 aliphatic heterocycles. The zero-order valence-corrected chi connectivity index (χ0v) is 12.4. The Hall–Kier alpha value is 0.110. The monoisotopic (exact) mass is 259 g/mol. The van der Waals surface area contributed by atoms with Crippen LogP contribution in [0, 0.1) is 5.92 Å². The van der Waals surface area contributed by atoms with Crippen molar-refractivity contribution in [3.63, 3.8) is 0 Å². The van der Waals surface area contributed by atoms with Crippen LogP contribution in [0.4, 0.5) is 0 Å². The van der Waals surface area contributed by atoms with E-state index in [0.29, 0.717) is 6.04 Å². The highest BCUT2D eigenvalue weighted by atomic mass is 32.2. The fraction of sp³-hybridized carbons (Fsp3) is 1.00. The summed E-state index contributed by atoms with van der Waals surface area (Å²) in [4.78, 5) is 0. The van der Waals surface area contributed by atoms with E-state index in [1.54, 1.807) is 0 Å². The maximum atomic E-state index is 12.1. The fourth-order valence-electron chi connectivity index (χ4n) is 2.67. The molecule has 0 aromatic heterocycles. The van der Waals surface area contributed by atoms with Crippen molar-refractivity contribution in [1.29, 1.82) is 0 Å². The Balaban J connectivity index is 2.23. The second-order valence-corrected chi connectivity index (χ2v) is 6.91. The maximum absolute atomic E-state index is 12.1. The highest BCUT2D eigenvalue weighted by molar-refractivity contribution is 7.85. The molecule has 0 aromatic carbocycles. The van der Waals surface area contributed by atoms with Crippen LogP contribution in [0.5, 0.6) is 0 Å². The molecular weight excluding hydrogens is 230 g/mol. The second-order valence-electron chi connectivity index (χ2n) is 5.36. The van der Waals surface area contributed by atoms with Crippen LogP contribution in [0.1, 0.15) is 58.8 Å². The van der Waals surface area contributed by atoms with E-state index in [-0.39, 0.29) is 0 Å². The third-order valence-electron chi connectivity index (χ3n) is 3.60. The summed E-state index contributed by atoms with van der Waals surface area (Å²) in [6, 6.07) is 0.474. The van der Waals surface area contributed by atoms with Crippen LogP contribution in [-0.4, -0.2) is 28.3 Å². The lowest BCUT2D eigenvalue weighted by atomic mass is 10.1. The minimum atomic E-state index is -0.607. The minimum absolute atomic E-state index is 0.474. The van der Waals surface area contributed by atoms with Gasteiger partial charge in [-0.2, -0.15) is 0 Å². The molecule has 1 saturated carbocycles. The summed E-state index contributed by atoms with van der Waals surface area (Å²) >= 11 is 0. The van der Waals surface area contributed by atoms with E-state index < -0.39 is 10.8 Å². The predicted octanol–water partition coefficient (Wildman–Crippen LogP) is 3.09. The molecule has 0 amide bonds. The van der Waals surface area contributed by atoms with E-state index in [0.717, 1.165) is 36.8 Å². The van der Waals surface area contributed by atoms with Crippen LogP contribution in [-0.2, 0) is 10.8 Å². The molecule has 1 aliphatic carbocycles. The van der Waals surface area contributed by atoms with Crippen molar-refractivity contribution in [2.45, 2.75) is 64.8 Å². The van der Waals surface area contributed by atoms with Gasteiger partial charge in [0.15, 0.2) is 0 Å². The van der Waals surface area contributed by atoms with Crippen molar-refractivity contribution >= 4 is 10.8 Å². The number of nitrogens with one attached hydrogen (secondary N) is 1. The summed E-state index contributed by atoms with van der Waals surface area (Å²) in [7, 11) is -0.607. The maximum Gasteiger partial charge on any atom is 0.0388 e. The van der Waals surface area contributed by atoms with Gasteiger partial charge in [-0.25, -0.2) is 0 Å². The average Bonchev–Trinajstić information content (AvgIpc) is 2.78. The first-order valence-electron chi connectivity index (χ1n) is 7.34. The molecule has 102 valence electrons. The van der Waals surface area contributed by atoms with Crippen LogP contribution in [0.15, 0.2) is 0 Å². The highest BCUT2D eigenvalue weighted by Gasteiger charge is 2.19. The smallest absolute Gasteiger partial charge is 0.0388 e. The zero-order chi connectivity index (χ0) is 12.5. The first-order chi connectivity index (χ1) is 8.26. The van der Waals surface area contributed by atoms with E-state index in [1.807, 2.05) is 0 Å². The molecule has 2 nitrogen and oxygen atoms in total. The number of hydrogen-bond donors (Lipinski definition) is 1. The summed E-state index contributed by atoms with van der Waals surface area (Å²) in [6.45, 7) is 5.46. The molecule has 1 N–H and O–H groups in total. The highest BCUT2D eigenvalue weighted by Crippen LogP contribution is 2.25. The number of rotatable bonds is 9. The molecule has 3 heteroatoms.